The maximum atomic E-state index is 12.7. The van der Waals surface area contributed by atoms with E-state index >= 15 is 0 Å². The fraction of sp³-hybridized carbons (Fsp3) is 0.292. The Bertz CT molecular complexity index is 881. The number of carboxylic acids is 1. The van der Waals surface area contributed by atoms with Crippen molar-refractivity contribution in [2.75, 3.05) is 0 Å². The highest BCUT2D eigenvalue weighted by molar-refractivity contribution is 5.89. The first-order chi connectivity index (χ1) is 14.9. The van der Waals surface area contributed by atoms with Crippen molar-refractivity contribution >= 4 is 24.0 Å². The fourth-order valence-electron chi connectivity index (χ4n) is 2.81. The van der Waals surface area contributed by atoms with Crippen LogP contribution in [0.25, 0.3) is 6.08 Å². The van der Waals surface area contributed by atoms with E-state index in [0.717, 1.165) is 11.1 Å². The molecule has 0 fully saturated rings. The van der Waals surface area contributed by atoms with Crippen LogP contribution < -0.4 is 10.6 Å². The number of rotatable bonds is 10. The quantitative estimate of drug-likeness (QED) is 0.540. The first-order valence-corrected chi connectivity index (χ1v) is 10.1. The van der Waals surface area contributed by atoms with Crippen LogP contribution in [0.1, 0.15) is 31.4 Å². The van der Waals surface area contributed by atoms with E-state index in [1.807, 2.05) is 60.7 Å². The molecule has 0 heterocycles. The van der Waals surface area contributed by atoms with E-state index in [-0.39, 0.29) is 18.9 Å². The van der Waals surface area contributed by atoms with Crippen LogP contribution in [0, 0.1) is 5.92 Å². The predicted molar refractivity (Wildman–Crippen MR) is 118 cm³/mol. The third-order valence-corrected chi connectivity index (χ3v) is 4.53. The first-order valence-electron chi connectivity index (χ1n) is 10.1. The molecule has 0 aliphatic carbocycles. The summed E-state index contributed by atoms with van der Waals surface area (Å²) in [5.74, 6) is -1.99. The van der Waals surface area contributed by atoms with Gasteiger partial charge in [0, 0.05) is 0 Å². The minimum absolute atomic E-state index is 0.0706. The zero-order valence-corrected chi connectivity index (χ0v) is 17.7. The van der Waals surface area contributed by atoms with Crippen LogP contribution in [-0.2, 0) is 20.9 Å². The van der Waals surface area contributed by atoms with Crippen LogP contribution in [0.2, 0.25) is 0 Å². The number of amides is 2. The second-order valence-corrected chi connectivity index (χ2v) is 7.38. The minimum Gasteiger partial charge on any atom is -0.480 e. The van der Waals surface area contributed by atoms with Crippen LogP contribution in [0.4, 0.5) is 4.79 Å². The summed E-state index contributed by atoms with van der Waals surface area (Å²) < 4.78 is 5.17. The third kappa shape index (κ3) is 8.34. The standard InChI is InChI=1S/C24H28N2O5/c1-17(2)21(26-24(30)31-16-19-12-7-4-8-13-19)22(27)25-20(23(28)29)15-9-14-18-10-5-3-6-11-18/h3-14,17,20-21H,15-16H2,1-2H3,(H,25,27)(H,26,30)(H,28,29)/b14-9+/t20-,21+/m1/s1. The Kier molecular flexibility index (Phi) is 9.29. The Morgan fingerprint density at radius 2 is 1.58 bits per heavy atom. The number of benzene rings is 2. The highest BCUT2D eigenvalue weighted by Gasteiger charge is 2.28. The van der Waals surface area contributed by atoms with E-state index in [1.165, 1.54) is 0 Å². The number of aliphatic carboxylic acids is 1. The van der Waals surface area contributed by atoms with Crippen molar-refractivity contribution in [3.8, 4) is 0 Å². The van der Waals surface area contributed by atoms with Crippen molar-refractivity contribution < 1.29 is 24.2 Å². The van der Waals surface area contributed by atoms with Crippen molar-refractivity contribution in [1.82, 2.24) is 10.6 Å². The van der Waals surface area contributed by atoms with Crippen molar-refractivity contribution in [1.29, 1.82) is 0 Å². The number of carboxylic acid groups (broad SMARTS) is 1. The number of hydrogen-bond donors (Lipinski definition) is 3. The Balaban J connectivity index is 1.92. The molecule has 7 heteroatoms. The summed E-state index contributed by atoms with van der Waals surface area (Å²) in [4.78, 5) is 36.4. The molecule has 0 unspecified atom stereocenters. The highest BCUT2D eigenvalue weighted by Crippen LogP contribution is 2.07. The van der Waals surface area contributed by atoms with Gasteiger partial charge in [-0.1, -0.05) is 86.7 Å². The zero-order chi connectivity index (χ0) is 22.6. The molecule has 7 nitrogen and oxygen atoms in total. The molecule has 2 rings (SSSR count). The number of carbonyl (C=O) groups excluding carboxylic acids is 2. The summed E-state index contributed by atoms with van der Waals surface area (Å²) in [7, 11) is 0. The Morgan fingerprint density at radius 1 is 0.968 bits per heavy atom. The second kappa shape index (κ2) is 12.2. The van der Waals surface area contributed by atoms with Gasteiger partial charge in [-0.3, -0.25) is 4.79 Å². The van der Waals surface area contributed by atoms with E-state index in [2.05, 4.69) is 10.6 Å². The highest BCUT2D eigenvalue weighted by atomic mass is 16.5. The lowest BCUT2D eigenvalue weighted by Crippen LogP contribution is -2.53. The molecular formula is C24H28N2O5. The summed E-state index contributed by atoms with van der Waals surface area (Å²) >= 11 is 0. The summed E-state index contributed by atoms with van der Waals surface area (Å²) in [6.07, 6.45) is 2.86. The van der Waals surface area contributed by atoms with Crippen molar-refractivity contribution in [3.05, 3.63) is 77.9 Å². The molecule has 2 aromatic rings. The molecule has 0 radical (unpaired) electrons. The third-order valence-electron chi connectivity index (χ3n) is 4.53. The molecule has 3 N–H and O–H groups in total. The molecule has 2 atom stereocenters. The number of hydrogen-bond acceptors (Lipinski definition) is 4. The van der Waals surface area contributed by atoms with E-state index in [4.69, 9.17) is 4.74 Å². The molecular weight excluding hydrogens is 396 g/mol. The zero-order valence-electron chi connectivity index (χ0n) is 17.7. The van der Waals surface area contributed by atoms with Gasteiger partial charge in [0.25, 0.3) is 0 Å². The summed E-state index contributed by atoms with van der Waals surface area (Å²) in [6, 6.07) is 16.6. The predicted octanol–water partition coefficient (Wildman–Crippen LogP) is 3.61. The van der Waals surface area contributed by atoms with Gasteiger partial charge in [0.15, 0.2) is 0 Å². The molecule has 0 aromatic heterocycles. The smallest absolute Gasteiger partial charge is 0.408 e. The number of carbonyl (C=O) groups is 3. The number of nitrogens with one attached hydrogen (secondary N) is 2. The van der Waals surface area contributed by atoms with Crippen LogP contribution in [0.15, 0.2) is 66.7 Å². The van der Waals surface area contributed by atoms with Gasteiger partial charge < -0.3 is 20.5 Å². The second-order valence-electron chi connectivity index (χ2n) is 7.38. The normalized spacial score (nSPS) is 12.9. The lowest BCUT2D eigenvalue weighted by Gasteiger charge is -2.23. The maximum Gasteiger partial charge on any atom is 0.408 e. The largest absolute Gasteiger partial charge is 0.480 e. The molecule has 164 valence electrons. The molecule has 2 amide bonds. The van der Waals surface area contributed by atoms with E-state index < -0.39 is 30.1 Å². The summed E-state index contributed by atoms with van der Waals surface area (Å²) in [5.41, 5.74) is 1.75. The summed E-state index contributed by atoms with van der Waals surface area (Å²) in [5, 5.41) is 14.5. The number of ether oxygens (including phenoxy) is 1. The lowest BCUT2D eigenvalue weighted by atomic mass is 10.0. The van der Waals surface area contributed by atoms with Crippen molar-refractivity contribution in [2.24, 2.45) is 5.92 Å². The van der Waals surface area contributed by atoms with Gasteiger partial charge in [0.2, 0.25) is 5.91 Å². The SMILES string of the molecule is CC(C)[C@H](NC(=O)OCc1ccccc1)C(=O)N[C@H](C/C=C/c1ccccc1)C(=O)O. The van der Waals surface area contributed by atoms with Gasteiger partial charge in [-0.15, -0.1) is 0 Å². The Labute approximate surface area is 182 Å². The fourth-order valence-corrected chi connectivity index (χ4v) is 2.81. The topological polar surface area (TPSA) is 105 Å². The molecule has 0 saturated heterocycles. The minimum atomic E-state index is -1.15. The van der Waals surface area contributed by atoms with Crippen LogP contribution in [-0.4, -0.2) is 35.2 Å². The molecule has 0 spiro atoms. The van der Waals surface area contributed by atoms with Gasteiger partial charge in [0.1, 0.15) is 18.7 Å². The molecule has 0 saturated carbocycles. The van der Waals surface area contributed by atoms with Crippen LogP contribution >= 0.6 is 0 Å². The molecule has 31 heavy (non-hydrogen) atoms. The Morgan fingerprint density at radius 3 is 2.16 bits per heavy atom. The van der Waals surface area contributed by atoms with Crippen LogP contribution in [0.5, 0.6) is 0 Å². The van der Waals surface area contributed by atoms with E-state index in [9.17, 15) is 19.5 Å². The van der Waals surface area contributed by atoms with Gasteiger partial charge in [0.05, 0.1) is 0 Å². The van der Waals surface area contributed by atoms with Gasteiger partial charge in [-0.2, -0.15) is 0 Å². The monoisotopic (exact) mass is 424 g/mol. The average molecular weight is 424 g/mol. The van der Waals surface area contributed by atoms with Gasteiger partial charge in [-0.25, -0.2) is 9.59 Å². The molecule has 0 aliphatic heterocycles. The maximum absolute atomic E-state index is 12.7. The van der Waals surface area contributed by atoms with Gasteiger partial charge >= 0.3 is 12.1 Å². The van der Waals surface area contributed by atoms with E-state index in [1.54, 1.807) is 26.0 Å². The first kappa shape index (κ1) is 23.7. The Hall–Kier alpha value is -3.61. The number of alkyl carbamates (subject to hydrolysis) is 1. The molecule has 0 bridgehead atoms. The van der Waals surface area contributed by atoms with Gasteiger partial charge in [-0.05, 0) is 23.5 Å². The van der Waals surface area contributed by atoms with Crippen molar-refractivity contribution in [2.45, 2.75) is 39.0 Å². The average Bonchev–Trinajstić information content (AvgIpc) is 2.76. The lowest BCUT2D eigenvalue weighted by molar-refractivity contribution is -0.142. The van der Waals surface area contributed by atoms with Crippen molar-refractivity contribution in [3.63, 3.8) is 0 Å². The molecule has 0 aliphatic rings. The van der Waals surface area contributed by atoms with Crippen LogP contribution in [0.3, 0.4) is 0 Å². The molecule has 2 aromatic carbocycles. The van der Waals surface area contributed by atoms with E-state index in [0.29, 0.717) is 0 Å². The summed E-state index contributed by atoms with van der Waals surface area (Å²) in [6.45, 7) is 3.58.